The Labute approximate surface area is 158 Å². The van der Waals surface area contributed by atoms with E-state index >= 15 is 0 Å². The first-order valence-electron chi connectivity index (χ1n) is 8.91. The van der Waals surface area contributed by atoms with Crippen molar-refractivity contribution in [2.75, 3.05) is 10.6 Å². The topological polar surface area (TPSA) is 54.0 Å². The van der Waals surface area contributed by atoms with Gasteiger partial charge in [-0.1, -0.05) is 43.3 Å². The molecule has 0 atom stereocenters. The predicted molar refractivity (Wildman–Crippen MR) is 106 cm³/mol. The highest BCUT2D eigenvalue weighted by Crippen LogP contribution is 2.22. The molecule has 0 aliphatic carbocycles. The quantitative estimate of drug-likeness (QED) is 0.651. The summed E-state index contributed by atoms with van der Waals surface area (Å²) < 4.78 is 13.7. The van der Waals surface area contributed by atoms with Gasteiger partial charge in [-0.05, 0) is 42.7 Å². The third-order valence-corrected chi connectivity index (χ3v) is 4.42. The summed E-state index contributed by atoms with van der Waals surface area (Å²) in [7, 11) is 0. The van der Waals surface area contributed by atoms with Gasteiger partial charge in [-0.15, -0.1) is 0 Å². The molecule has 3 aromatic rings. The fourth-order valence-corrected chi connectivity index (χ4v) is 2.85. The van der Waals surface area contributed by atoms with Crippen molar-refractivity contribution in [2.45, 2.75) is 26.8 Å². The number of pyridine rings is 1. The number of hydrogen-bond donors (Lipinski definition) is 2. The van der Waals surface area contributed by atoms with E-state index < -0.39 is 0 Å². The number of nitrogens with one attached hydrogen (secondary N) is 2. The first-order chi connectivity index (χ1) is 13.1. The van der Waals surface area contributed by atoms with Gasteiger partial charge in [0.2, 0.25) is 0 Å². The molecule has 0 bridgehead atoms. The van der Waals surface area contributed by atoms with Crippen molar-refractivity contribution in [3.05, 3.63) is 89.0 Å². The van der Waals surface area contributed by atoms with Crippen LogP contribution in [0, 0.1) is 12.7 Å². The largest absolute Gasteiger partial charge is 0.380 e. The molecule has 0 unspecified atom stereocenters. The number of nitrogens with zero attached hydrogens (tertiary/aromatic N) is 1. The van der Waals surface area contributed by atoms with Gasteiger partial charge in [0.05, 0.1) is 11.9 Å². The van der Waals surface area contributed by atoms with Gasteiger partial charge in [0.15, 0.2) is 0 Å². The average Bonchev–Trinajstić information content (AvgIpc) is 2.69. The maximum atomic E-state index is 13.7. The normalized spacial score (nSPS) is 10.5. The van der Waals surface area contributed by atoms with E-state index in [2.05, 4.69) is 22.5 Å². The van der Waals surface area contributed by atoms with Crippen molar-refractivity contribution >= 4 is 17.3 Å². The molecule has 1 heterocycles. The highest BCUT2D eigenvalue weighted by molar-refractivity contribution is 6.03. The van der Waals surface area contributed by atoms with Gasteiger partial charge < -0.3 is 10.6 Å². The molecule has 3 rings (SSSR count). The molecule has 27 heavy (non-hydrogen) atoms. The van der Waals surface area contributed by atoms with Gasteiger partial charge in [-0.3, -0.25) is 4.79 Å². The Morgan fingerprint density at radius 2 is 1.81 bits per heavy atom. The third kappa shape index (κ3) is 4.50. The first-order valence-corrected chi connectivity index (χ1v) is 8.91. The molecule has 5 heteroatoms. The van der Waals surface area contributed by atoms with Crippen LogP contribution >= 0.6 is 0 Å². The number of halogens is 1. The van der Waals surface area contributed by atoms with Crippen molar-refractivity contribution in [3.8, 4) is 0 Å². The lowest BCUT2D eigenvalue weighted by Gasteiger charge is -2.13. The van der Waals surface area contributed by atoms with Crippen molar-refractivity contribution < 1.29 is 9.18 Å². The summed E-state index contributed by atoms with van der Waals surface area (Å²) in [6.07, 6.45) is 2.41. The Morgan fingerprint density at radius 1 is 1.04 bits per heavy atom. The number of hydrogen-bond acceptors (Lipinski definition) is 3. The van der Waals surface area contributed by atoms with E-state index in [4.69, 9.17) is 0 Å². The second-order valence-corrected chi connectivity index (χ2v) is 6.29. The van der Waals surface area contributed by atoms with E-state index in [0.29, 0.717) is 17.8 Å². The van der Waals surface area contributed by atoms with E-state index in [1.54, 1.807) is 36.5 Å². The monoisotopic (exact) mass is 363 g/mol. The molecule has 138 valence electrons. The molecule has 1 amide bonds. The van der Waals surface area contributed by atoms with Crippen LogP contribution in [0.1, 0.15) is 34.1 Å². The van der Waals surface area contributed by atoms with Gasteiger partial charge in [-0.25, -0.2) is 9.37 Å². The van der Waals surface area contributed by atoms with Crippen LogP contribution in [0.5, 0.6) is 0 Å². The van der Waals surface area contributed by atoms with Crippen LogP contribution in [0.25, 0.3) is 0 Å². The fourth-order valence-electron chi connectivity index (χ4n) is 2.85. The molecule has 0 saturated heterocycles. The lowest BCUT2D eigenvalue weighted by Crippen LogP contribution is -2.16. The van der Waals surface area contributed by atoms with Crippen molar-refractivity contribution in [2.24, 2.45) is 0 Å². The molecular weight excluding hydrogens is 341 g/mol. The van der Waals surface area contributed by atoms with Crippen LogP contribution in [0.15, 0.2) is 60.8 Å². The van der Waals surface area contributed by atoms with Gasteiger partial charge in [0.1, 0.15) is 11.5 Å². The van der Waals surface area contributed by atoms with Crippen LogP contribution in [0.3, 0.4) is 0 Å². The molecule has 0 saturated carbocycles. The van der Waals surface area contributed by atoms with Crippen molar-refractivity contribution in [1.82, 2.24) is 4.98 Å². The number of aromatic nitrogens is 1. The molecule has 0 aliphatic heterocycles. The lowest BCUT2D eigenvalue weighted by atomic mass is 10.1. The second-order valence-electron chi connectivity index (χ2n) is 6.29. The van der Waals surface area contributed by atoms with Crippen LogP contribution in [0.4, 0.5) is 15.8 Å². The number of para-hydroxylation sites is 1. The highest BCUT2D eigenvalue weighted by atomic mass is 19.1. The standard InChI is InChI=1S/C22H22FN3O/c1-3-16-9-6-7-15(2)21(16)26-22(27)20-12-11-18(14-25-20)24-13-17-8-4-5-10-19(17)23/h4-12,14,24H,3,13H2,1-2H3,(H,26,27). The first kappa shape index (κ1) is 18.6. The van der Waals surface area contributed by atoms with Gasteiger partial charge in [0.25, 0.3) is 5.91 Å². The smallest absolute Gasteiger partial charge is 0.274 e. The average molecular weight is 363 g/mol. The van der Waals surface area contributed by atoms with Crippen molar-refractivity contribution in [1.29, 1.82) is 0 Å². The zero-order valence-electron chi connectivity index (χ0n) is 15.4. The minimum Gasteiger partial charge on any atom is -0.380 e. The SMILES string of the molecule is CCc1cccc(C)c1NC(=O)c1ccc(NCc2ccccc2F)cn1. The molecule has 0 radical (unpaired) electrons. The zero-order valence-corrected chi connectivity index (χ0v) is 15.4. The zero-order chi connectivity index (χ0) is 19.2. The van der Waals surface area contributed by atoms with E-state index in [0.717, 1.165) is 28.9 Å². The van der Waals surface area contributed by atoms with Gasteiger partial charge in [0, 0.05) is 17.8 Å². The number of rotatable bonds is 6. The molecule has 4 nitrogen and oxygen atoms in total. The van der Waals surface area contributed by atoms with Gasteiger partial charge in [-0.2, -0.15) is 0 Å². The van der Waals surface area contributed by atoms with Crippen molar-refractivity contribution in [3.63, 3.8) is 0 Å². The number of benzene rings is 2. The number of carbonyl (C=O) groups is 1. The molecule has 2 aromatic carbocycles. The Bertz CT molecular complexity index is 939. The fraction of sp³-hybridized carbons (Fsp3) is 0.182. The summed E-state index contributed by atoms with van der Waals surface area (Å²) in [5.74, 6) is -0.501. The maximum absolute atomic E-state index is 13.7. The summed E-state index contributed by atoms with van der Waals surface area (Å²) in [5, 5.41) is 6.07. The Hall–Kier alpha value is -3.21. The summed E-state index contributed by atoms with van der Waals surface area (Å²) in [6.45, 7) is 4.37. The molecule has 2 N–H and O–H groups in total. The highest BCUT2D eigenvalue weighted by Gasteiger charge is 2.12. The summed E-state index contributed by atoms with van der Waals surface area (Å²) >= 11 is 0. The maximum Gasteiger partial charge on any atom is 0.274 e. The van der Waals surface area contributed by atoms with Crippen LogP contribution in [-0.4, -0.2) is 10.9 Å². The molecule has 1 aromatic heterocycles. The predicted octanol–water partition coefficient (Wildman–Crippen LogP) is 4.96. The summed E-state index contributed by atoms with van der Waals surface area (Å²) in [6, 6.07) is 16.0. The molecule has 0 fully saturated rings. The lowest BCUT2D eigenvalue weighted by molar-refractivity contribution is 0.102. The van der Waals surface area contributed by atoms with Crippen LogP contribution < -0.4 is 10.6 Å². The summed E-state index contributed by atoms with van der Waals surface area (Å²) in [4.78, 5) is 16.8. The Morgan fingerprint density at radius 3 is 2.52 bits per heavy atom. The third-order valence-electron chi connectivity index (χ3n) is 4.42. The van der Waals surface area contributed by atoms with E-state index in [1.807, 2.05) is 25.1 Å². The Kier molecular flexibility index (Phi) is 5.81. The van der Waals surface area contributed by atoms with Crippen LogP contribution in [0.2, 0.25) is 0 Å². The number of anilines is 2. The second kappa shape index (κ2) is 8.45. The van der Waals surface area contributed by atoms with E-state index in [-0.39, 0.29) is 11.7 Å². The minimum absolute atomic E-state index is 0.250. The number of amides is 1. The molecule has 0 spiro atoms. The van der Waals surface area contributed by atoms with Gasteiger partial charge >= 0.3 is 0 Å². The summed E-state index contributed by atoms with van der Waals surface area (Å²) in [5.41, 5.74) is 4.58. The Balaban J connectivity index is 1.67. The molecule has 0 aliphatic rings. The number of carbonyl (C=O) groups excluding carboxylic acids is 1. The van der Waals surface area contributed by atoms with E-state index in [1.165, 1.54) is 6.07 Å². The molecular formula is C22H22FN3O. The number of aryl methyl sites for hydroxylation is 2. The van der Waals surface area contributed by atoms with Crippen LogP contribution in [-0.2, 0) is 13.0 Å². The minimum atomic E-state index is -0.251. The van der Waals surface area contributed by atoms with E-state index in [9.17, 15) is 9.18 Å².